The second kappa shape index (κ2) is 6.40. The molecule has 0 aromatic carbocycles. The molecule has 3 nitrogen and oxygen atoms in total. The summed E-state index contributed by atoms with van der Waals surface area (Å²) < 4.78 is 15.2. The van der Waals surface area contributed by atoms with Gasteiger partial charge < -0.3 is 14.2 Å². The van der Waals surface area contributed by atoms with E-state index in [-0.39, 0.29) is 0 Å². The molecule has 0 aromatic rings. The Labute approximate surface area is 74.0 Å². The minimum absolute atomic E-state index is 0.314. The molecule has 2 heterocycles. The molecule has 2 rings (SSSR count). The largest absolute Gasteiger partial charge is 0.381 e. The maximum absolute atomic E-state index is 5.15. The fourth-order valence-corrected chi connectivity index (χ4v) is 1.12. The number of hydrogen-bond donors (Lipinski definition) is 0. The lowest BCUT2D eigenvalue weighted by Gasteiger charge is -2.18. The third kappa shape index (κ3) is 4.70. The number of hydrogen-bond acceptors (Lipinski definition) is 3. The minimum Gasteiger partial charge on any atom is -0.381 e. The topological polar surface area (TPSA) is 27.7 Å². The Balaban J connectivity index is 0.000000127. The zero-order chi connectivity index (χ0) is 8.65. The molecule has 2 aliphatic heterocycles. The second-order valence-corrected chi connectivity index (χ2v) is 3.08. The lowest BCUT2D eigenvalue weighted by Crippen LogP contribution is -2.25. The molecule has 1 unspecified atom stereocenters. The summed E-state index contributed by atoms with van der Waals surface area (Å²) in [6.07, 6.45) is 2.87. The fourth-order valence-electron chi connectivity index (χ4n) is 1.12. The van der Waals surface area contributed by atoms with E-state index >= 15 is 0 Å². The summed E-state index contributed by atoms with van der Waals surface area (Å²) in [6.45, 7) is 6.31. The van der Waals surface area contributed by atoms with Gasteiger partial charge in [0.2, 0.25) is 0 Å². The standard InChI is InChI=1S/C5H10O2.C4H8O/c1-5-4-6-2-3-7-5;1-2-4-5-3-1/h5H,2-4H2,1H3;1-4H2. The van der Waals surface area contributed by atoms with Gasteiger partial charge in [0.15, 0.2) is 0 Å². The van der Waals surface area contributed by atoms with E-state index in [4.69, 9.17) is 14.2 Å². The van der Waals surface area contributed by atoms with Crippen molar-refractivity contribution in [2.45, 2.75) is 25.9 Å². The number of rotatable bonds is 0. The Morgan fingerprint density at radius 3 is 1.92 bits per heavy atom. The van der Waals surface area contributed by atoms with Crippen LogP contribution in [0.5, 0.6) is 0 Å². The zero-order valence-corrected chi connectivity index (χ0v) is 7.75. The van der Waals surface area contributed by atoms with Gasteiger partial charge in [-0.25, -0.2) is 0 Å². The van der Waals surface area contributed by atoms with Crippen molar-refractivity contribution in [1.29, 1.82) is 0 Å². The summed E-state index contributed by atoms with van der Waals surface area (Å²) >= 11 is 0. The van der Waals surface area contributed by atoms with Crippen LogP contribution >= 0.6 is 0 Å². The monoisotopic (exact) mass is 174 g/mol. The molecular weight excluding hydrogens is 156 g/mol. The van der Waals surface area contributed by atoms with Gasteiger partial charge in [-0.1, -0.05) is 0 Å². The molecule has 2 aliphatic rings. The first kappa shape index (κ1) is 9.96. The smallest absolute Gasteiger partial charge is 0.0781 e. The highest BCUT2D eigenvalue weighted by Crippen LogP contribution is 1.98. The molecule has 12 heavy (non-hydrogen) atoms. The quantitative estimate of drug-likeness (QED) is 0.552. The lowest BCUT2D eigenvalue weighted by atomic mass is 10.4. The highest BCUT2D eigenvalue weighted by molar-refractivity contribution is 4.50. The zero-order valence-electron chi connectivity index (χ0n) is 7.75. The van der Waals surface area contributed by atoms with Gasteiger partial charge in [0, 0.05) is 13.2 Å². The molecule has 2 fully saturated rings. The molecule has 0 saturated carbocycles. The Morgan fingerprint density at radius 2 is 1.67 bits per heavy atom. The van der Waals surface area contributed by atoms with E-state index in [0.29, 0.717) is 6.10 Å². The normalized spacial score (nSPS) is 29.2. The van der Waals surface area contributed by atoms with Crippen LogP contribution in [-0.4, -0.2) is 39.1 Å². The molecule has 0 spiro atoms. The molecule has 0 radical (unpaired) electrons. The molecule has 1 atom stereocenters. The summed E-state index contributed by atoms with van der Waals surface area (Å²) in [7, 11) is 0. The average molecular weight is 174 g/mol. The van der Waals surface area contributed by atoms with E-state index in [1.807, 2.05) is 6.92 Å². The van der Waals surface area contributed by atoms with E-state index in [1.165, 1.54) is 12.8 Å². The van der Waals surface area contributed by atoms with Gasteiger partial charge in [-0.05, 0) is 19.8 Å². The first-order chi connectivity index (χ1) is 5.89. The van der Waals surface area contributed by atoms with Crippen molar-refractivity contribution in [3.05, 3.63) is 0 Å². The van der Waals surface area contributed by atoms with Crippen molar-refractivity contribution in [1.82, 2.24) is 0 Å². The van der Waals surface area contributed by atoms with E-state index in [9.17, 15) is 0 Å². The SMILES string of the molecule is C1CCOC1.CC1COCCO1. The summed E-state index contributed by atoms with van der Waals surface area (Å²) in [5.74, 6) is 0. The molecule has 0 bridgehead atoms. The molecular formula is C9H18O3. The fraction of sp³-hybridized carbons (Fsp3) is 1.00. The van der Waals surface area contributed by atoms with Crippen LogP contribution in [0.4, 0.5) is 0 Å². The Kier molecular flexibility index (Phi) is 5.32. The second-order valence-electron chi connectivity index (χ2n) is 3.08. The summed E-state index contributed by atoms with van der Waals surface area (Å²) in [6, 6.07) is 0. The number of ether oxygens (including phenoxy) is 3. The average Bonchev–Trinajstić information content (AvgIpc) is 2.62. The minimum atomic E-state index is 0.314. The van der Waals surface area contributed by atoms with Gasteiger partial charge in [-0.15, -0.1) is 0 Å². The molecule has 0 amide bonds. The van der Waals surface area contributed by atoms with Gasteiger partial charge in [0.25, 0.3) is 0 Å². The van der Waals surface area contributed by atoms with Crippen molar-refractivity contribution in [3.8, 4) is 0 Å². The highest BCUT2D eigenvalue weighted by atomic mass is 16.6. The van der Waals surface area contributed by atoms with Gasteiger partial charge in [0.1, 0.15) is 0 Å². The Bertz CT molecular complexity index is 88.3. The van der Waals surface area contributed by atoms with Crippen LogP contribution in [0.25, 0.3) is 0 Å². The van der Waals surface area contributed by atoms with Crippen LogP contribution in [0.2, 0.25) is 0 Å². The Morgan fingerprint density at radius 1 is 0.917 bits per heavy atom. The van der Waals surface area contributed by atoms with Crippen molar-refractivity contribution in [2.24, 2.45) is 0 Å². The van der Waals surface area contributed by atoms with Crippen molar-refractivity contribution >= 4 is 0 Å². The molecule has 2 saturated heterocycles. The van der Waals surface area contributed by atoms with Gasteiger partial charge in [-0.2, -0.15) is 0 Å². The van der Waals surface area contributed by atoms with Crippen LogP contribution in [0.15, 0.2) is 0 Å². The van der Waals surface area contributed by atoms with Gasteiger partial charge in [0.05, 0.1) is 25.9 Å². The summed E-state index contributed by atoms with van der Waals surface area (Å²) in [5.41, 5.74) is 0. The molecule has 0 N–H and O–H groups in total. The lowest BCUT2D eigenvalue weighted by molar-refractivity contribution is -0.0797. The Hall–Kier alpha value is -0.120. The maximum atomic E-state index is 5.15. The van der Waals surface area contributed by atoms with Crippen LogP contribution in [0.1, 0.15) is 19.8 Å². The molecule has 0 aliphatic carbocycles. The van der Waals surface area contributed by atoms with Crippen LogP contribution < -0.4 is 0 Å². The maximum Gasteiger partial charge on any atom is 0.0781 e. The van der Waals surface area contributed by atoms with Crippen molar-refractivity contribution in [2.75, 3.05) is 33.0 Å². The van der Waals surface area contributed by atoms with Crippen molar-refractivity contribution in [3.63, 3.8) is 0 Å². The van der Waals surface area contributed by atoms with E-state index in [1.54, 1.807) is 0 Å². The molecule has 0 aromatic heterocycles. The third-order valence-electron chi connectivity index (χ3n) is 1.81. The summed E-state index contributed by atoms with van der Waals surface area (Å²) in [5, 5.41) is 0. The van der Waals surface area contributed by atoms with Crippen LogP contribution in [0, 0.1) is 0 Å². The van der Waals surface area contributed by atoms with Crippen LogP contribution in [0.3, 0.4) is 0 Å². The molecule has 72 valence electrons. The summed E-state index contributed by atoms with van der Waals surface area (Å²) in [4.78, 5) is 0. The van der Waals surface area contributed by atoms with Gasteiger partial charge in [-0.3, -0.25) is 0 Å². The predicted octanol–water partition coefficient (Wildman–Crippen LogP) is 1.22. The predicted molar refractivity (Wildman–Crippen MR) is 46.3 cm³/mol. The van der Waals surface area contributed by atoms with Gasteiger partial charge >= 0.3 is 0 Å². The molecule has 3 heteroatoms. The highest BCUT2D eigenvalue weighted by Gasteiger charge is 2.06. The van der Waals surface area contributed by atoms with E-state index < -0.39 is 0 Å². The van der Waals surface area contributed by atoms with E-state index in [0.717, 1.165) is 33.0 Å². The van der Waals surface area contributed by atoms with E-state index in [2.05, 4.69) is 0 Å². The van der Waals surface area contributed by atoms with Crippen LogP contribution in [-0.2, 0) is 14.2 Å². The van der Waals surface area contributed by atoms with Crippen molar-refractivity contribution < 1.29 is 14.2 Å². The first-order valence-electron chi connectivity index (χ1n) is 4.66. The third-order valence-corrected chi connectivity index (χ3v) is 1.81. The first-order valence-corrected chi connectivity index (χ1v) is 4.66.